The molecule has 0 aromatic heterocycles. The minimum Gasteiger partial charge on any atom is -0.341 e. The van der Waals surface area contributed by atoms with Crippen molar-refractivity contribution < 1.29 is 4.79 Å². The Bertz CT molecular complexity index is 145. The Kier molecular flexibility index (Phi) is 2.70. The van der Waals surface area contributed by atoms with Crippen molar-refractivity contribution in [2.75, 3.05) is 13.6 Å². The zero-order valence-electron chi connectivity index (χ0n) is 6.76. The first-order valence-electron chi connectivity index (χ1n) is 3.95. The number of urea groups is 1. The van der Waals surface area contributed by atoms with Crippen LogP contribution in [0.3, 0.4) is 0 Å². The van der Waals surface area contributed by atoms with Crippen molar-refractivity contribution in [3.63, 3.8) is 0 Å². The number of nitrogens with two attached hydrogens (primary N) is 1. The summed E-state index contributed by atoms with van der Waals surface area (Å²) in [5.41, 5.74) is 5.74. The van der Waals surface area contributed by atoms with Gasteiger partial charge in [-0.3, -0.25) is 0 Å². The predicted molar refractivity (Wildman–Crippen MR) is 43.2 cm³/mol. The quantitative estimate of drug-likeness (QED) is 0.524. The molecule has 0 aliphatic heterocycles. The molecule has 1 saturated carbocycles. The van der Waals surface area contributed by atoms with Crippen LogP contribution in [0, 0.1) is 5.92 Å². The topological polar surface area (TPSA) is 67.2 Å². The lowest BCUT2D eigenvalue weighted by molar-refractivity contribution is 0.242. The Balaban J connectivity index is 2.05. The molecule has 1 aliphatic rings. The van der Waals surface area contributed by atoms with Crippen molar-refractivity contribution in [2.45, 2.75) is 18.9 Å². The molecule has 1 atom stereocenters. The largest absolute Gasteiger partial charge is 0.341 e. The number of rotatable bonds is 3. The van der Waals surface area contributed by atoms with Crippen LogP contribution in [-0.4, -0.2) is 25.7 Å². The van der Waals surface area contributed by atoms with E-state index in [9.17, 15) is 4.79 Å². The van der Waals surface area contributed by atoms with Crippen molar-refractivity contribution >= 4 is 6.03 Å². The number of carbonyl (C=O) groups excluding carboxylic acids is 1. The second-order valence-corrected chi connectivity index (χ2v) is 2.96. The van der Waals surface area contributed by atoms with Crippen molar-refractivity contribution in [1.29, 1.82) is 0 Å². The predicted octanol–water partition coefficient (Wildman–Crippen LogP) is -0.347. The van der Waals surface area contributed by atoms with Crippen molar-refractivity contribution in [1.82, 2.24) is 10.6 Å². The molecular formula is C7H15N3O. The van der Waals surface area contributed by atoms with E-state index < -0.39 is 0 Å². The van der Waals surface area contributed by atoms with E-state index in [1.165, 1.54) is 12.8 Å². The summed E-state index contributed by atoms with van der Waals surface area (Å²) >= 11 is 0. The molecule has 64 valence electrons. The van der Waals surface area contributed by atoms with Gasteiger partial charge in [-0.2, -0.15) is 0 Å². The Morgan fingerprint density at radius 1 is 1.73 bits per heavy atom. The van der Waals surface area contributed by atoms with E-state index in [4.69, 9.17) is 5.73 Å². The van der Waals surface area contributed by atoms with Crippen molar-refractivity contribution in [2.24, 2.45) is 11.7 Å². The summed E-state index contributed by atoms with van der Waals surface area (Å²) in [5, 5.41) is 5.15. The normalized spacial score (nSPS) is 19.1. The van der Waals surface area contributed by atoms with Gasteiger partial charge in [-0.05, 0) is 18.8 Å². The molecule has 0 saturated heterocycles. The maximum atomic E-state index is 10.7. The third-order valence-electron chi connectivity index (χ3n) is 1.95. The van der Waals surface area contributed by atoms with E-state index in [0.29, 0.717) is 12.5 Å². The first-order chi connectivity index (χ1) is 5.24. The lowest BCUT2D eigenvalue weighted by Gasteiger charge is -2.10. The summed E-state index contributed by atoms with van der Waals surface area (Å²) in [6.07, 6.45) is 2.44. The van der Waals surface area contributed by atoms with Crippen LogP contribution in [0.5, 0.6) is 0 Å². The summed E-state index contributed by atoms with van der Waals surface area (Å²) in [7, 11) is 1.60. The highest BCUT2D eigenvalue weighted by Gasteiger charge is 2.28. The van der Waals surface area contributed by atoms with Crippen LogP contribution < -0.4 is 16.4 Å². The van der Waals surface area contributed by atoms with E-state index in [-0.39, 0.29) is 12.1 Å². The second-order valence-electron chi connectivity index (χ2n) is 2.96. The molecule has 1 fully saturated rings. The molecule has 0 heterocycles. The van der Waals surface area contributed by atoms with Crippen LogP contribution in [0.1, 0.15) is 12.8 Å². The smallest absolute Gasteiger partial charge is 0.314 e. The third-order valence-corrected chi connectivity index (χ3v) is 1.95. The van der Waals surface area contributed by atoms with Crippen molar-refractivity contribution in [3.05, 3.63) is 0 Å². The molecule has 1 rings (SSSR count). The van der Waals surface area contributed by atoms with Gasteiger partial charge in [-0.1, -0.05) is 0 Å². The van der Waals surface area contributed by atoms with Gasteiger partial charge in [-0.15, -0.1) is 0 Å². The van der Waals surface area contributed by atoms with Gasteiger partial charge < -0.3 is 16.4 Å². The van der Waals surface area contributed by atoms with E-state index in [1.54, 1.807) is 7.05 Å². The highest BCUT2D eigenvalue weighted by molar-refractivity contribution is 5.73. The number of hydrogen-bond acceptors (Lipinski definition) is 2. The lowest BCUT2D eigenvalue weighted by Crippen LogP contribution is -2.42. The Morgan fingerprint density at radius 3 is 2.82 bits per heavy atom. The monoisotopic (exact) mass is 157 g/mol. The van der Waals surface area contributed by atoms with E-state index in [0.717, 1.165) is 0 Å². The molecule has 4 N–H and O–H groups in total. The number of carbonyl (C=O) groups is 1. The molecule has 1 aliphatic carbocycles. The number of amides is 2. The van der Waals surface area contributed by atoms with Crippen LogP contribution in [0.15, 0.2) is 0 Å². The summed E-state index contributed by atoms with van der Waals surface area (Å²) in [5.74, 6) is 0.646. The van der Waals surface area contributed by atoms with Gasteiger partial charge in [0.25, 0.3) is 0 Å². The Morgan fingerprint density at radius 2 is 2.36 bits per heavy atom. The lowest BCUT2D eigenvalue weighted by atomic mass is 10.2. The van der Waals surface area contributed by atoms with Crippen LogP contribution in [-0.2, 0) is 0 Å². The highest BCUT2D eigenvalue weighted by Crippen LogP contribution is 2.31. The van der Waals surface area contributed by atoms with Gasteiger partial charge >= 0.3 is 6.03 Å². The maximum absolute atomic E-state index is 10.7. The molecule has 0 bridgehead atoms. The Hall–Kier alpha value is -0.770. The first kappa shape index (κ1) is 8.33. The molecule has 0 aromatic rings. The van der Waals surface area contributed by atoms with Gasteiger partial charge in [0.2, 0.25) is 0 Å². The third kappa shape index (κ3) is 2.76. The van der Waals surface area contributed by atoms with Crippen LogP contribution in [0.4, 0.5) is 4.79 Å². The Labute approximate surface area is 66.5 Å². The molecule has 11 heavy (non-hydrogen) atoms. The molecule has 0 spiro atoms. The van der Waals surface area contributed by atoms with Crippen molar-refractivity contribution in [3.8, 4) is 0 Å². The molecular weight excluding hydrogens is 142 g/mol. The number of hydrogen-bond donors (Lipinski definition) is 3. The summed E-state index contributed by atoms with van der Waals surface area (Å²) < 4.78 is 0. The molecule has 1 unspecified atom stereocenters. The zero-order valence-corrected chi connectivity index (χ0v) is 6.76. The standard InChI is InChI=1S/C7H15N3O/c1-9-7(11)10-4-6(8)5-2-3-5/h5-6H,2-4,8H2,1H3,(H2,9,10,11). The maximum Gasteiger partial charge on any atom is 0.314 e. The van der Waals surface area contributed by atoms with Gasteiger partial charge in [0.1, 0.15) is 0 Å². The highest BCUT2D eigenvalue weighted by atomic mass is 16.2. The molecule has 4 heteroatoms. The molecule has 0 radical (unpaired) electrons. The van der Waals surface area contributed by atoms with Gasteiger partial charge in [0, 0.05) is 19.6 Å². The summed E-state index contributed by atoms with van der Waals surface area (Å²) in [6, 6.07) is -0.00611. The molecule has 2 amide bonds. The fourth-order valence-corrected chi connectivity index (χ4v) is 0.990. The molecule has 4 nitrogen and oxygen atoms in total. The fraction of sp³-hybridized carbons (Fsp3) is 0.857. The van der Waals surface area contributed by atoms with Crippen LogP contribution in [0.2, 0.25) is 0 Å². The minimum absolute atomic E-state index is 0.146. The van der Waals surface area contributed by atoms with Gasteiger partial charge in [-0.25, -0.2) is 4.79 Å². The van der Waals surface area contributed by atoms with E-state index >= 15 is 0 Å². The SMILES string of the molecule is CNC(=O)NCC(N)C1CC1. The first-order valence-corrected chi connectivity index (χ1v) is 3.95. The fourth-order valence-electron chi connectivity index (χ4n) is 0.990. The van der Waals surface area contributed by atoms with Crippen LogP contribution >= 0.6 is 0 Å². The minimum atomic E-state index is -0.152. The summed E-state index contributed by atoms with van der Waals surface area (Å²) in [6.45, 7) is 0.588. The average molecular weight is 157 g/mol. The zero-order chi connectivity index (χ0) is 8.27. The van der Waals surface area contributed by atoms with Gasteiger partial charge in [0.05, 0.1) is 0 Å². The number of nitrogens with one attached hydrogen (secondary N) is 2. The van der Waals surface area contributed by atoms with E-state index in [2.05, 4.69) is 10.6 Å². The van der Waals surface area contributed by atoms with Gasteiger partial charge in [0.15, 0.2) is 0 Å². The van der Waals surface area contributed by atoms with Crippen LogP contribution in [0.25, 0.3) is 0 Å². The van der Waals surface area contributed by atoms with E-state index in [1.807, 2.05) is 0 Å². The summed E-state index contributed by atoms with van der Waals surface area (Å²) in [4.78, 5) is 10.7. The average Bonchev–Trinajstić information content (AvgIpc) is 2.81. The second kappa shape index (κ2) is 3.57. The molecule has 0 aromatic carbocycles.